The summed E-state index contributed by atoms with van der Waals surface area (Å²) in [7, 11) is 3.31. The summed E-state index contributed by atoms with van der Waals surface area (Å²) < 4.78 is 5.12. The van der Waals surface area contributed by atoms with Crippen LogP contribution in [0.1, 0.15) is 11.6 Å². The molecule has 0 radical (unpaired) electrons. The molecule has 6 heteroatoms. The van der Waals surface area contributed by atoms with E-state index >= 15 is 0 Å². The predicted octanol–water partition coefficient (Wildman–Crippen LogP) is 1.11. The number of allylic oxidation sites excluding steroid dienone is 1. The second kappa shape index (κ2) is 5.48. The molecular weight excluding hydrogens is 266 g/mol. The van der Waals surface area contributed by atoms with Gasteiger partial charge in [0, 0.05) is 7.05 Å². The van der Waals surface area contributed by atoms with Gasteiger partial charge >= 0.3 is 0 Å². The van der Waals surface area contributed by atoms with Crippen LogP contribution in [0.15, 0.2) is 46.9 Å². The van der Waals surface area contributed by atoms with Gasteiger partial charge in [-0.25, -0.2) is 0 Å². The number of nitrogens with two attached hydrogens (primary N) is 2. The quantitative estimate of drug-likeness (QED) is 0.839. The van der Waals surface area contributed by atoms with Gasteiger partial charge in [0.05, 0.1) is 30.5 Å². The minimum atomic E-state index is -0.419. The smallest absolute Gasteiger partial charge is 0.120 e. The van der Waals surface area contributed by atoms with Gasteiger partial charge in [0.1, 0.15) is 23.2 Å². The van der Waals surface area contributed by atoms with Gasteiger partial charge in [-0.2, -0.15) is 10.5 Å². The zero-order valence-corrected chi connectivity index (χ0v) is 11.8. The lowest BCUT2D eigenvalue weighted by atomic mass is 9.91. The standard InChI is InChI=1S/C15H15N5O/c1-20-14(9-3-5-10(21-2)6-4-9)11(7-16)13(18)12(8-17)15(20)19/h3-6,14H,18-19H2,1-2H3. The van der Waals surface area contributed by atoms with Gasteiger partial charge in [-0.15, -0.1) is 0 Å². The minimum absolute atomic E-state index is 0.136. The average molecular weight is 281 g/mol. The molecule has 21 heavy (non-hydrogen) atoms. The molecule has 0 amide bonds. The monoisotopic (exact) mass is 281 g/mol. The van der Waals surface area contributed by atoms with Crippen molar-refractivity contribution in [2.75, 3.05) is 14.2 Å². The van der Waals surface area contributed by atoms with Crippen LogP contribution in [-0.2, 0) is 0 Å². The predicted molar refractivity (Wildman–Crippen MR) is 77.2 cm³/mol. The second-order valence-electron chi connectivity index (χ2n) is 4.60. The van der Waals surface area contributed by atoms with Crippen LogP contribution in [0.3, 0.4) is 0 Å². The van der Waals surface area contributed by atoms with Crippen molar-refractivity contribution in [3.05, 3.63) is 52.5 Å². The number of nitriles is 2. The van der Waals surface area contributed by atoms with E-state index in [-0.39, 0.29) is 17.1 Å². The van der Waals surface area contributed by atoms with Gasteiger partial charge in [0.25, 0.3) is 0 Å². The van der Waals surface area contributed by atoms with Crippen LogP contribution < -0.4 is 16.2 Å². The van der Waals surface area contributed by atoms with Crippen LogP contribution in [0.25, 0.3) is 0 Å². The topological polar surface area (TPSA) is 112 Å². The Morgan fingerprint density at radius 2 is 1.76 bits per heavy atom. The molecule has 0 bridgehead atoms. The van der Waals surface area contributed by atoms with Crippen molar-refractivity contribution in [2.45, 2.75) is 6.04 Å². The Morgan fingerprint density at radius 1 is 1.14 bits per heavy atom. The van der Waals surface area contributed by atoms with Crippen LogP contribution in [0.4, 0.5) is 0 Å². The third kappa shape index (κ3) is 2.24. The number of methoxy groups -OCH3 is 1. The highest BCUT2D eigenvalue weighted by molar-refractivity contribution is 5.55. The number of benzene rings is 1. The summed E-state index contributed by atoms with van der Waals surface area (Å²) in [6, 6.07) is 10.9. The molecule has 1 atom stereocenters. The molecule has 1 unspecified atom stereocenters. The zero-order chi connectivity index (χ0) is 15.6. The van der Waals surface area contributed by atoms with Crippen molar-refractivity contribution in [2.24, 2.45) is 11.5 Å². The maximum atomic E-state index is 9.40. The molecule has 0 spiro atoms. The Balaban J connectivity index is 2.56. The molecule has 1 aromatic rings. The van der Waals surface area contributed by atoms with E-state index in [1.165, 1.54) is 0 Å². The lowest BCUT2D eigenvalue weighted by Crippen LogP contribution is -2.36. The molecule has 1 heterocycles. The molecule has 6 nitrogen and oxygen atoms in total. The van der Waals surface area contributed by atoms with Crippen molar-refractivity contribution in [3.63, 3.8) is 0 Å². The third-order valence-corrected chi connectivity index (χ3v) is 3.52. The summed E-state index contributed by atoms with van der Waals surface area (Å²) in [4.78, 5) is 1.68. The SMILES string of the molecule is COc1ccc(C2C(C#N)=C(N)C(C#N)=C(N)N2C)cc1. The maximum Gasteiger partial charge on any atom is 0.120 e. The van der Waals surface area contributed by atoms with Crippen LogP contribution in [-0.4, -0.2) is 19.1 Å². The number of hydrogen-bond acceptors (Lipinski definition) is 6. The molecule has 106 valence electrons. The van der Waals surface area contributed by atoms with E-state index in [1.54, 1.807) is 31.2 Å². The Bertz CT molecular complexity index is 703. The van der Waals surface area contributed by atoms with Gasteiger partial charge in [-0.1, -0.05) is 12.1 Å². The number of rotatable bonds is 2. The summed E-state index contributed by atoms with van der Waals surface area (Å²) in [6.07, 6.45) is 0. The lowest BCUT2D eigenvalue weighted by Gasteiger charge is -2.34. The molecule has 1 aliphatic heterocycles. The first-order valence-electron chi connectivity index (χ1n) is 6.21. The molecule has 0 aliphatic carbocycles. The first-order chi connectivity index (χ1) is 10.0. The highest BCUT2D eigenvalue weighted by Crippen LogP contribution is 2.36. The summed E-state index contributed by atoms with van der Waals surface area (Å²) in [6.45, 7) is 0. The van der Waals surface area contributed by atoms with Gasteiger partial charge < -0.3 is 21.1 Å². The number of ether oxygens (including phenoxy) is 1. The Labute approximate surface area is 123 Å². The van der Waals surface area contributed by atoms with E-state index in [2.05, 4.69) is 6.07 Å². The molecule has 1 aromatic carbocycles. The fourth-order valence-electron chi connectivity index (χ4n) is 2.34. The molecule has 0 aromatic heterocycles. The van der Waals surface area contributed by atoms with E-state index in [0.29, 0.717) is 11.3 Å². The van der Waals surface area contributed by atoms with E-state index in [0.717, 1.165) is 5.56 Å². The van der Waals surface area contributed by atoms with Crippen molar-refractivity contribution in [3.8, 4) is 17.9 Å². The van der Waals surface area contributed by atoms with Crippen LogP contribution >= 0.6 is 0 Å². The molecule has 0 fully saturated rings. The number of nitrogens with zero attached hydrogens (tertiary/aromatic N) is 3. The van der Waals surface area contributed by atoms with Gasteiger partial charge in [0.15, 0.2) is 0 Å². The lowest BCUT2D eigenvalue weighted by molar-refractivity contribution is 0.336. The van der Waals surface area contributed by atoms with Gasteiger partial charge in [-0.3, -0.25) is 0 Å². The van der Waals surface area contributed by atoms with Gasteiger partial charge in [0.2, 0.25) is 0 Å². The van der Waals surface area contributed by atoms with Crippen molar-refractivity contribution in [1.29, 1.82) is 10.5 Å². The highest BCUT2D eigenvalue weighted by Gasteiger charge is 2.32. The summed E-state index contributed by atoms with van der Waals surface area (Å²) in [5.41, 5.74) is 13.3. The van der Waals surface area contributed by atoms with Crippen molar-refractivity contribution >= 4 is 0 Å². The fraction of sp³-hybridized carbons (Fsp3) is 0.200. The molecule has 0 saturated heterocycles. The van der Waals surface area contributed by atoms with Crippen LogP contribution in [0.5, 0.6) is 5.75 Å². The molecule has 1 aliphatic rings. The molecule has 2 rings (SSSR count). The fourth-order valence-corrected chi connectivity index (χ4v) is 2.34. The van der Waals surface area contributed by atoms with Crippen molar-refractivity contribution in [1.82, 2.24) is 4.90 Å². The Morgan fingerprint density at radius 3 is 2.24 bits per heavy atom. The van der Waals surface area contributed by atoms with E-state index in [4.69, 9.17) is 21.5 Å². The van der Waals surface area contributed by atoms with Gasteiger partial charge in [-0.05, 0) is 17.7 Å². The Kier molecular flexibility index (Phi) is 3.73. The average Bonchev–Trinajstić information content (AvgIpc) is 2.51. The number of hydrogen-bond donors (Lipinski definition) is 2. The van der Waals surface area contributed by atoms with Crippen LogP contribution in [0, 0.1) is 22.7 Å². The first kappa shape index (κ1) is 14.3. The molecule has 0 saturated carbocycles. The van der Waals surface area contributed by atoms with E-state index in [1.807, 2.05) is 18.2 Å². The second-order valence-corrected chi connectivity index (χ2v) is 4.60. The third-order valence-electron chi connectivity index (χ3n) is 3.52. The van der Waals surface area contributed by atoms with Crippen LogP contribution in [0.2, 0.25) is 0 Å². The van der Waals surface area contributed by atoms with Crippen molar-refractivity contribution < 1.29 is 4.74 Å². The normalized spacial score (nSPS) is 18.3. The Hall–Kier alpha value is -3.12. The maximum absolute atomic E-state index is 9.40. The van der Waals surface area contributed by atoms with E-state index in [9.17, 15) is 5.26 Å². The zero-order valence-electron chi connectivity index (χ0n) is 11.8. The summed E-state index contributed by atoms with van der Waals surface area (Å²) in [5, 5.41) is 18.5. The summed E-state index contributed by atoms with van der Waals surface area (Å²) >= 11 is 0. The largest absolute Gasteiger partial charge is 0.497 e. The highest BCUT2D eigenvalue weighted by atomic mass is 16.5. The first-order valence-corrected chi connectivity index (χ1v) is 6.21. The minimum Gasteiger partial charge on any atom is -0.497 e. The van der Waals surface area contributed by atoms with E-state index < -0.39 is 6.04 Å². The molecule has 4 N–H and O–H groups in total. The number of likely N-dealkylation sites (N-methyl/N-ethyl adjacent to an activating group) is 1. The molecular formula is C15H15N5O. The summed E-state index contributed by atoms with van der Waals surface area (Å²) in [5.74, 6) is 0.976.